The summed E-state index contributed by atoms with van der Waals surface area (Å²) in [6.45, 7) is 3.03. The van der Waals surface area contributed by atoms with E-state index in [1.54, 1.807) is 0 Å². The smallest absolute Gasteiger partial charge is 0.113 e. The van der Waals surface area contributed by atoms with E-state index in [-0.39, 0.29) is 0 Å². The van der Waals surface area contributed by atoms with Crippen LogP contribution in [-0.2, 0) is 0 Å². The minimum atomic E-state index is 0.805. The molecule has 24 heavy (non-hydrogen) atoms. The Morgan fingerprint density at radius 1 is 1.17 bits per heavy atom. The molecule has 0 bridgehead atoms. The molecule has 0 unspecified atom stereocenters. The van der Waals surface area contributed by atoms with Crippen LogP contribution in [0.5, 0.6) is 0 Å². The maximum atomic E-state index is 6.06. The predicted octanol–water partition coefficient (Wildman–Crippen LogP) is 4.83. The monoisotopic (exact) mass is 351 g/mol. The number of nitrogens with zero attached hydrogens (tertiary/aromatic N) is 1. The van der Waals surface area contributed by atoms with Gasteiger partial charge in [-0.2, -0.15) is 0 Å². The fraction of sp³-hybridized carbons (Fsp3) is 0.200. The molecule has 0 heterocycles. The van der Waals surface area contributed by atoms with Crippen LogP contribution in [-0.4, -0.2) is 25.7 Å². The maximum Gasteiger partial charge on any atom is 0.113 e. The summed E-state index contributed by atoms with van der Waals surface area (Å²) in [7, 11) is 13.9. The van der Waals surface area contributed by atoms with Gasteiger partial charge < -0.3 is 0 Å². The Hall–Kier alpha value is -1.42. The number of hydrogen-bond donors (Lipinski definition) is 0. The van der Waals surface area contributed by atoms with Crippen molar-refractivity contribution in [2.45, 2.75) is 13.3 Å². The van der Waals surface area contributed by atoms with Gasteiger partial charge in [-0.1, -0.05) is 60.1 Å². The van der Waals surface area contributed by atoms with Crippen LogP contribution < -0.4 is 5.46 Å². The number of benzene rings is 2. The molecule has 0 N–H and O–H groups in total. The summed E-state index contributed by atoms with van der Waals surface area (Å²) in [5.74, 6) is 0. The van der Waals surface area contributed by atoms with Crippen molar-refractivity contribution in [3.63, 3.8) is 0 Å². The van der Waals surface area contributed by atoms with Gasteiger partial charge in [-0.3, -0.25) is 0 Å². The van der Waals surface area contributed by atoms with E-state index in [2.05, 4.69) is 61.5 Å². The highest BCUT2D eigenvalue weighted by Crippen LogP contribution is 2.35. The largest absolute Gasteiger partial charge is 0.240 e. The summed E-state index contributed by atoms with van der Waals surface area (Å²) in [4.78, 5) is 0. The van der Waals surface area contributed by atoms with Crippen molar-refractivity contribution in [1.82, 2.24) is 4.31 Å². The highest BCUT2D eigenvalue weighted by Gasteiger charge is 2.17. The molecule has 120 valence electrons. The number of aryl methyl sites for hydroxylation is 1. The molecule has 0 aromatic heterocycles. The van der Waals surface area contributed by atoms with Crippen LogP contribution >= 0.6 is 21.8 Å². The summed E-state index contributed by atoms with van der Waals surface area (Å²) >= 11 is 1.24. The first-order valence-corrected chi connectivity index (χ1v) is 9.58. The van der Waals surface area contributed by atoms with Crippen molar-refractivity contribution in [3.05, 3.63) is 70.3 Å². The first-order chi connectivity index (χ1) is 11.6. The van der Waals surface area contributed by atoms with Gasteiger partial charge in [0.05, 0.1) is 0 Å². The molecule has 0 atom stereocenters. The van der Waals surface area contributed by atoms with E-state index in [0.29, 0.717) is 0 Å². The minimum Gasteiger partial charge on any atom is -0.240 e. The third-order valence-corrected chi connectivity index (χ3v) is 5.39. The summed E-state index contributed by atoms with van der Waals surface area (Å²) in [5.41, 5.74) is 8.23. The highest BCUT2D eigenvalue weighted by atomic mass is 35.7. The molecule has 0 aliphatic heterocycles. The molecule has 2 aromatic carbocycles. The zero-order valence-corrected chi connectivity index (χ0v) is 15.5. The molecule has 1 aliphatic rings. The second-order valence-electron chi connectivity index (χ2n) is 6.05. The second-order valence-corrected chi connectivity index (χ2v) is 7.23. The first-order valence-electron chi connectivity index (χ1n) is 7.98. The first kappa shape index (κ1) is 17.4. The van der Waals surface area contributed by atoms with Gasteiger partial charge >= 0.3 is 0 Å². The normalized spacial score (nSPS) is 14.6. The van der Waals surface area contributed by atoms with E-state index in [1.165, 1.54) is 44.6 Å². The quantitative estimate of drug-likeness (QED) is 0.489. The van der Waals surface area contributed by atoms with Crippen molar-refractivity contribution in [2.24, 2.45) is 0 Å². The zero-order valence-electron chi connectivity index (χ0n) is 13.9. The molecule has 0 spiro atoms. The Morgan fingerprint density at radius 3 is 2.71 bits per heavy atom. The molecule has 1 aliphatic carbocycles. The minimum absolute atomic E-state index is 0.805. The van der Waals surface area contributed by atoms with E-state index in [4.69, 9.17) is 18.5 Å². The molecule has 2 radical (unpaired) electrons. The predicted molar refractivity (Wildman–Crippen MR) is 110 cm³/mol. The van der Waals surface area contributed by atoms with Crippen molar-refractivity contribution in [2.75, 3.05) is 13.6 Å². The second kappa shape index (κ2) is 7.65. The average Bonchev–Trinajstić information content (AvgIpc) is 2.72. The van der Waals surface area contributed by atoms with Crippen molar-refractivity contribution >= 4 is 52.9 Å². The van der Waals surface area contributed by atoms with Crippen molar-refractivity contribution < 1.29 is 0 Å². The maximum absolute atomic E-state index is 6.06. The van der Waals surface area contributed by atoms with Gasteiger partial charge in [0.1, 0.15) is 7.85 Å². The average molecular weight is 352 g/mol. The molecule has 2 aromatic rings. The molecule has 0 fully saturated rings. The Balaban J connectivity index is 2.12. The van der Waals surface area contributed by atoms with E-state index < -0.39 is 0 Å². The summed E-state index contributed by atoms with van der Waals surface area (Å²) < 4.78 is 2.02. The fourth-order valence-electron chi connectivity index (χ4n) is 3.18. The Morgan fingerprint density at radius 2 is 1.92 bits per heavy atom. The molecule has 0 amide bonds. The van der Waals surface area contributed by atoms with Crippen LogP contribution in [0.25, 0.3) is 17.7 Å². The van der Waals surface area contributed by atoms with Gasteiger partial charge in [-0.25, -0.2) is 4.31 Å². The molecular weight excluding hydrogens is 333 g/mol. The third kappa shape index (κ3) is 3.64. The van der Waals surface area contributed by atoms with E-state index in [0.717, 1.165) is 18.4 Å². The van der Waals surface area contributed by atoms with Crippen LogP contribution in [0.4, 0.5) is 0 Å². The summed E-state index contributed by atoms with van der Waals surface area (Å²) in [6.07, 6.45) is 7.59. The van der Waals surface area contributed by atoms with Crippen LogP contribution in [0.1, 0.15) is 34.2 Å². The molecular formula is C20H19BClNS. The highest BCUT2D eigenvalue weighted by molar-refractivity contribution is 8.19. The number of hydrogen-bond acceptors (Lipinski definition) is 2. The lowest BCUT2D eigenvalue weighted by Crippen LogP contribution is -2.09. The molecule has 4 heteroatoms. The lowest BCUT2D eigenvalue weighted by molar-refractivity contribution is 0.580. The number of rotatable bonds is 4. The molecule has 0 saturated heterocycles. The van der Waals surface area contributed by atoms with Crippen LogP contribution in [0.3, 0.4) is 0 Å². The Bertz CT molecular complexity index is 813. The Kier molecular flexibility index (Phi) is 5.55. The lowest BCUT2D eigenvalue weighted by atomic mass is 9.84. The van der Waals surface area contributed by atoms with E-state index >= 15 is 0 Å². The van der Waals surface area contributed by atoms with Gasteiger partial charge in [0, 0.05) is 17.7 Å². The number of fused-ring (bicyclic) bond motifs is 2. The summed E-state index contributed by atoms with van der Waals surface area (Å²) in [6, 6.07) is 12.6. The van der Waals surface area contributed by atoms with Gasteiger partial charge in [-0.05, 0) is 64.5 Å². The van der Waals surface area contributed by atoms with Gasteiger partial charge in [0.2, 0.25) is 0 Å². The fourth-order valence-corrected chi connectivity index (χ4v) is 3.56. The zero-order chi connectivity index (χ0) is 17.1. The van der Waals surface area contributed by atoms with Crippen LogP contribution in [0.15, 0.2) is 42.5 Å². The van der Waals surface area contributed by atoms with Gasteiger partial charge in [0.25, 0.3) is 0 Å². The standard InChI is InChI=1S/C20H19BClNS/c1-14-12-17(21)13-16-10-9-15-6-3-4-7-18(15)19(20(14)16)8-5-11-23(2)24-22/h3-4,6-10,12-13H,5,11H2,1-2H3/b19-8+. The molecule has 1 nitrogen and oxygen atoms in total. The molecule has 3 rings (SSSR count). The third-order valence-electron chi connectivity index (χ3n) is 4.26. The summed E-state index contributed by atoms with van der Waals surface area (Å²) in [5, 5.41) is 0. The van der Waals surface area contributed by atoms with E-state index in [1.807, 2.05) is 11.4 Å². The van der Waals surface area contributed by atoms with E-state index in [9.17, 15) is 0 Å². The Labute approximate surface area is 154 Å². The van der Waals surface area contributed by atoms with Crippen LogP contribution in [0.2, 0.25) is 0 Å². The van der Waals surface area contributed by atoms with Gasteiger partial charge in [0.15, 0.2) is 0 Å². The SMILES string of the molecule is [B]c1cc(C)c2c(c1)C=Cc1ccccc1/C2=C\CCN(C)SCl. The van der Waals surface area contributed by atoms with Crippen LogP contribution in [0, 0.1) is 6.92 Å². The van der Waals surface area contributed by atoms with Crippen molar-refractivity contribution in [1.29, 1.82) is 0 Å². The number of halogens is 1. The molecule has 0 saturated carbocycles. The van der Waals surface area contributed by atoms with Crippen molar-refractivity contribution in [3.8, 4) is 0 Å². The van der Waals surface area contributed by atoms with Gasteiger partial charge in [-0.15, -0.1) is 0 Å². The topological polar surface area (TPSA) is 3.24 Å². The lowest BCUT2D eigenvalue weighted by Gasteiger charge is -2.16.